The second-order valence-corrected chi connectivity index (χ2v) is 10.7. The van der Waals surface area contributed by atoms with E-state index in [1.807, 2.05) is 60.7 Å². The van der Waals surface area contributed by atoms with Gasteiger partial charge in [0.1, 0.15) is 11.4 Å². The molecule has 5 aromatic rings. The molecule has 0 fully saturated rings. The Morgan fingerprint density at radius 1 is 0.868 bits per heavy atom. The van der Waals surface area contributed by atoms with Crippen LogP contribution in [0.15, 0.2) is 119 Å². The van der Waals surface area contributed by atoms with Gasteiger partial charge in [0, 0.05) is 28.5 Å². The average molecular weight is 544 g/mol. The van der Waals surface area contributed by atoms with Gasteiger partial charge in [-0.15, -0.1) is 0 Å². The third-order valence-corrected chi connectivity index (χ3v) is 7.84. The third-order valence-electron chi connectivity index (χ3n) is 5.83. The van der Waals surface area contributed by atoms with E-state index in [2.05, 4.69) is 10.4 Å². The summed E-state index contributed by atoms with van der Waals surface area (Å²) < 4.78 is 33.6. The Labute approximate surface area is 225 Å². The molecule has 5 rings (SSSR count). The van der Waals surface area contributed by atoms with Gasteiger partial charge in [-0.3, -0.25) is 4.79 Å². The summed E-state index contributed by atoms with van der Waals surface area (Å²) in [5.41, 5.74) is 2.63. The molecule has 1 amide bonds. The normalized spacial score (nSPS) is 11.2. The van der Waals surface area contributed by atoms with Crippen LogP contribution in [0.2, 0.25) is 5.02 Å². The number of anilines is 1. The van der Waals surface area contributed by atoms with Crippen LogP contribution in [0.5, 0.6) is 5.75 Å². The second kappa shape index (κ2) is 10.5. The van der Waals surface area contributed by atoms with Crippen molar-refractivity contribution >= 4 is 33.0 Å². The number of halogens is 1. The summed E-state index contributed by atoms with van der Waals surface area (Å²) in [6.07, 6.45) is 1.65. The molecule has 38 heavy (non-hydrogen) atoms. The largest absolute Gasteiger partial charge is 0.497 e. The summed E-state index contributed by atoms with van der Waals surface area (Å²) in [6.45, 7) is 0. The number of aromatic nitrogens is 2. The highest BCUT2D eigenvalue weighted by Crippen LogP contribution is 2.30. The van der Waals surface area contributed by atoms with Crippen molar-refractivity contribution in [2.75, 3.05) is 12.4 Å². The number of carbonyl (C=O) groups is 1. The van der Waals surface area contributed by atoms with Gasteiger partial charge in [0.15, 0.2) is 0 Å². The molecule has 1 N–H and O–H groups in total. The summed E-state index contributed by atoms with van der Waals surface area (Å²) in [7, 11) is -2.47. The summed E-state index contributed by atoms with van der Waals surface area (Å²) in [4.78, 5) is 13.6. The predicted molar refractivity (Wildman–Crippen MR) is 147 cm³/mol. The van der Waals surface area contributed by atoms with E-state index in [0.717, 1.165) is 11.3 Å². The quantitative estimate of drug-likeness (QED) is 0.261. The SMILES string of the molecule is COc1cc(NC(=O)c2cn(-c3ccccc3)nc2-c2ccccc2)cc(S(=O)(=O)c2ccc(Cl)cc2)c1. The number of nitrogens with zero attached hydrogens (tertiary/aromatic N) is 2. The van der Waals surface area contributed by atoms with E-state index in [1.54, 1.807) is 16.9 Å². The van der Waals surface area contributed by atoms with E-state index in [-0.39, 0.29) is 21.2 Å². The number of methoxy groups -OCH3 is 1. The van der Waals surface area contributed by atoms with Gasteiger partial charge in [-0.2, -0.15) is 5.10 Å². The maximum absolute atomic E-state index is 13.6. The molecule has 0 radical (unpaired) electrons. The fourth-order valence-electron chi connectivity index (χ4n) is 3.93. The van der Waals surface area contributed by atoms with Crippen molar-refractivity contribution < 1.29 is 17.9 Å². The van der Waals surface area contributed by atoms with Gasteiger partial charge in [-0.25, -0.2) is 13.1 Å². The zero-order valence-corrected chi connectivity index (χ0v) is 21.8. The lowest BCUT2D eigenvalue weighted by atomic mass is 10.1. The molecule has 0 aliphatic rings. The van der Waals surface area contributed by atoms with Gasteiger partial charge in [-0.1, -0.05) is 60.1 Å². The molecular formula is C29H22ClN3O4S. The number of sulfone groups is 1. The minimum absolute atomic E-state index is 0.0299. The Hall–Kier alpha value is -4.40. The number of hydrogen-bond acceptors (Lipinski definition) is 5. The zero-order valence-electron chi connectivity index (χ0n) is 20.2. The van der Waals surface area contributed by atoms with Crippen molar-refractivity contribution in [3.8, 4) is 22.7 Å². The number of hydrogen-bond donors (Lipinski definition) is 1. The average Bonchev–Trinajstić information content (AvgIpc) is 3.40. The molecule has 4 aromatic carbocycles. The lowest BCUT2D eigenvalue weighted by molar-refractivity contribution is 0.102. The summed E-state index contributed by atoms with van der Waals surface area (Å²) >= 11 is 5.92. The number of ether oxygens (including phenoxy) is 1. The Kier molecular flexibility index (Phi) is 7.00. The minimum atomic E-state index is -3.90. The summed E-state index contributed by atoms with van der Waals surface area (Å²) in [5, 5.41) is 7.92. The molecule has 0 spiro atoms. The number of amides is 1. The highest BCUT2D eigenvalue weighted by molar-refractivity contribution is 7.91. The molecule has 1 heterocycles. The van der Waals surface area contributed by atoms with E-state index in [1.165, 1.54) is 43.5 Å². The van der Waals surface area contributed by atoms with Crippen molar-refractivity contribution in [2.45, 2.75) is 9.79 Å². The Morgan fingerprint density at radius 3 is 2.18 bits per heavy atom. The first-order chi connectivity index (χ1) is 18.3. The van der Waals surface area contributed by atoms with Gasteiger partial charge < -0.3 is 10.1 Å². The van der Waals surface area contributed by atoms with Gasteiger partial charge in [-0.05, 0) is 48.5 Å². The fourth-order valence-corrected chi connectivity index (χ4v) is 5.37. The van der Waals surface area contributed by atoms with Crippen LogP contribution in [-0.2, 0) is 9.84 Å². The molecule has 1 aromatic heterocycles. The van der Waals surface area contributed by atoms with Crippen molar-refractivity contribution in [3.63, 3.8) is 0 Å². The van der Waals surface area contributed by atoms with E-state index < -0.39 is 15.7 Å². The van der Waals surface area contributed by atoms with Gasteiger partial charge >= 0.3 is 0 Å². The number of carbonyl (C=O) groups excluding carboxylic acids is 1. The zero-order chi connectivity index (χ0) is 26.7. The van der Waals surface area contributed by atoms with Crippen LogP contribution < -0.4 is 10.1 Å². The van der Waals surface area contributed by atoms with Crippen LogP contribution in [-0.4, -0.2) is 31.2 Å². The number of benzene rings is 4. The first kappa shape index (κ1) is 25.3. The minimum Gasteiger partial charge on any atom is -0.497 e. The second-order valence-electron chi connectivity index (χ2n) is 8.35. The van der Waals surface area contributed by atoms with Gasteiger partial charge in [0.25, 0.3) is 5.91 Å². The van der Waals surface area contributed by atoms with Crippen molar-refractivity contribution in [3.05, 3.63) is 120 Å². The number of rotatable bonds is 7. The fraction of sp³-hybridized carbons (Fsp3) is 0.0345. The molecule has 7 nitrogen and oxygen atoms in total. The number of para-hydroxylation sites is 1. The standard InChI is InChI=1S/C29H22ClN3O4S/c1-37-24-16-22(17-26(18-24)38(35,36)25-14-12-21(30)13-15-25)31-29(34)27-19-33(23-10-6-3-7-11-23)32-28(27)20-8-4-2-5-9-20/h2-19H,1H3,(H,31,34). The molecule has 0 atom stereocenters. The molecule has 0 aliphatic carbocycles. The smallest absolute Gasteiger partial charge is 0.259 e. The van der Waals surface area contributed by atoms with E-state index in [9.17, 15) is 13.2 Å². The lowest BCUT2D eigenvalue weighted by Crippen LogP contribution is -2.13. The first-order valence-corrected chi connectivity index (χ1v) is 13.4. The van der Waals surface area contributed by atoms with E-state index in [0.29, 0.717) is 16.3 Å². The molecule has 9 heteroatoms. The molecular weight excluding hydrogens is 522 g/mol. The van der Waals surface area contributed by atoms with Crippen LogP contribution in [0.1, 0.15) is 10.4 Å². The molecule has 190 valence electrons. The third kappa shape index (κ3) is 5.18. The Balaban J connectivity index is 1.54. The molecule has 0 bridgehead atoms. The molecule has 0 unspecified atom stereocenters. The number of nitrogens with one attached hydrogen (secondary N) is 1. The Morgan fingerprint density at radius 2 is 1.53 bits per heavy atom. The van der Waals surface area contributed by atoms with Crippen LogP contribution >= 0.6 is 11.6 Å². The van der Waals surface area contributed by atoms with Crippen molar-refractivity contribution in [2.24, 2.45) is 0 Å². The van der Waals surface area contributed by atoms with E-state index >= 15 is 0 Å². The topological polar surface area (TPSA) is 90.3 Å². The van der Waals surface area contributed by atoms with Crippen LogP contribution in [0.4, 0.5) is 5.69 Å². The first-order valence-electron chi connectivity index (χ1n) is 11.6. The lowest BCUT2D eigenvalue weighted by Gasteiger charge is -2.11. The van der Waals surface area contributed by atoms with Gasteiger partial charge in [0.05, 0.1) is 28.2 Å². The molecule has 0 aliphatic heterocycles. The van der Waals surface area contributed by atoms with Crippen LogP contribution in [0.3, 0.4) is 0 Å². The maximum atomic E-state index is 13.6. The van der Waals surface area contributed by atoms with Crippen LogP contribution in [0, 0.1) is 0 Å². The van der Waals surface area contributed by atoms with E-state index in [4.69, 9.17) is 16.3 Å². The molecule has 0 saturated carbocycles. The van der Waals surface area contributed by atoms with Gasteiger partial charge in [0.2, 0.25) is 9.84 Å². The van der Waals surface area contributed by atoms with Crippen molar-refractivity contribution in [1.29, 1.82) is 0 Å². The van der Waals surface area contributed by atoms with Crippen LogP contribution in [0.25, 0.3) is 16.9 Å². The molecule has 0 saturated heterocycles. The maximum Gasteiger partial charge on any atom is 0.259 e. The van der Waals surface area contributed by atoms with Crippen molar-refractivity contribution in [1.82, 2.24) is 9.78 Å². The highest BCUT2D eigenvalue weighted by atomic mass is 35.5. The monoisotopic (exact) mass is 543 g/mol. The Bertz CT molecular complexity index is 1700. The highest BCUT2D eigenvalue weighted by Gasteiger charge is 2.22. The summed E-state index contributed by atoms with van der Waals surface area (Å²) in [6, 6.07) is 29.1. The summed E-state index contributed by atoms with van der Waals surface area (Å²) in [5.74, 6) is -0.173. The predicted octanol–water partition coefficient (Wildman–Crippen LogP) is 6.29.